The molecule has 0 aliphatic carbocycles. The van der Waals surface area contributed by atoms with Gasteiger partial charge in [-0.2, -0.15) is 4.98 Å². The van der Waals surface area contributed by atoms with Crippen molar-refractivity contribution in [1.82, 2.24) is 9.55 Å². The van der Waals surface area contributed by atoms with Crippen molar-refractivity contribution in [3.8, 4) is 11.5 Å². The highest BCUT2D eigenvalue weighted by Crippen LogP contribution is 2.23. The maximum absolute atomic E-state index is 11.9. The number of fused-ring (bicyclic) bond motifs is 2. The van der Waals surface area contributed by atoms with E-state index in [4.69, 9.17) is 4.42 Å². The minimum atomic E-state index is -0.608. The van der Waals surface area contributed by atoms with Gasteiger partial charge in [0.15, 0.2) is 0 Å². The fourth-order valence-electron chi connectivity index (χ4n) is 1.89. The van der Waals surface area contributed by atoms with E-state index in [2.05, 4.69) is 4.98 Å². The Labute approximate surface area is 102 Å². The van der Waals surface area contributed by atoms with Crippen LogP contribution in [0.25, 0.3) is 22.4 Å². The third-order valence-corrected chi connectivity index (χ3v) is 2.93. The standard InChI is InChI=1S/C13H10N2O3/c1-7-3-4-8-6-9-11(18-10(8)5-7)14-13(17)15(2)12(9)16/h3-6H,1-2H3. The minimum absolute atomic E-state index is 0.0844. The molecule has 0 radical (unpaired) electrons. The Morgan fingerprint density at radius 3 is 2.78 bits per heavy atom. The van der Waals surface area contributed by atoms with E-state index < -0.39 is 11.2 Å². The first kappa shape index (κ1) is 10.7. The van der Waals surface area contributed by atoms with Crippen molar-refractivity contribution in [2.45, 2.75) is 6.92 Å². The van der Waals surface area contributed by atoms with Gasteiger partial charge in [-0.25, -0.2) is 4.79 Å². The SMILES string of the molecule is Cc1ccc2cc3c(=O)n(C)c(=O)nc-3oc2c1. The third kappa shape index (κ3) is 1.44. The van der Waals surface area contributed by atoms with Crippen LogP contribution in [0.2, 0.25) is 0 Å². The van der Waals surface area contributed by atoms with Gasteiger partial charge in [-0.1, -0.05) is 12.1 Å². The van der Waals surface area contributed by atoms with E-state index in [1.54, 1.807) is 6.07 Å². The van der Waals surface area contributed by atoms with E-state index in [9.17, 15) is 9.59 Å². The van der Waals surface area contributed by atoms with E-state index >= 15 is 0 Å². The van der Waals surface area contributed by atoms with Crippen LogP contribution in [0, 0.1) is 6.92 Å². The van der Waals surface area contributed by atoms with Crippen LogP contribution in [0.1, 0.15) is 5.56 Å². The zero-order valence-corrected chi connectivity index (χ0v) is 9.93. The molecule has 2 aliphatic heterocycles. The molecule has 2 heterocycles. The van der Waals surface area contributed by atoms with Crippen LogP contribution in [-0.4, -0.2) is 9.55 Å². The van der Waals surface area contributed by atoms with Crippen LogP contribution in [0.4, 0.5) is 0 Å². The Bertz CT molecular complexity index is 845. The first-order valence-corrected chi connectivity index (χ1v) is 5.47. The van der Waals surface area contributed by atoms with Crippen molar-refractivity contribution in [3.63, 3.8) is 0 Å². The summed E-state index contributed by atoms with van der Waals surface area (Å²) in [5.41, 5.74) is 0.965. The highest BCUT2D eigenvalue weighted by molar-refractivity contribution is 5.82. The molecule has 0 aromatic heterocycles. The van der Waals surface area contributed by atoms with Crippen LogP contribution in [0.3, 0.4) is 0 Å². The molecule has 0 unspecified atom stereocenters. The summed E-state index contributed by atoms with van der Waals surface area (Å²) in [6.07, 6.45) is 0. The van der Waals surface area contributed by atoms with Crippen LogP contribution in [0.5, 0.6) is 0 Å². The largest absolute Gasteiger partial charge is 0.437 e. The van der Waals surface area contributed by atoms with Crippen molar-refractivity contribution in [2.75, 3.05) is 0 Å². The number of rotatable bonds is 0. The average molecular weight is 242 g/mol. The zero-order chi connectivity index (χ0) is 12.9. The summed E-state index contributed by atoms with van der Waals surface area (Å²) in [5, 5.41) is 0.811. The Hall–Kier alpha value is -2.43. The molecular formula is C13H10N2O3. The molecule has 1 aromatic rings. The van der Waals surface area contributed by atoms with Crippen molar-refractivity contribution in [1.29, 1.82) is 0 Å². The number of nitrogens with zero attached hydrogens (tertiary/aromatic N) is 2. The first-order chi connectivity index (χ1) is 8.56. The van der Waals surface area contributed by atoms with Crippen LogP contribution >= 0.6 is 0 Å². The molecule has 0 spiro atoms. The molecular weight excluding hydrogens is 232 g/mol. The van der Waals surface area contributed by atoms with Crippen LogP contribution < -0.4 is 11.2 Å². The van der Waals surface area contributed by atoms with Gasteiger partial charge in [-0.05, 0) is 24.6 Å². The summed E-state index contributed by atoms with van der Waals surface area (Å²) < 4.78 is 6.49. The lowest BCUT2D eigenvalue weighted by atomic mass is 10.1. The monoisotopic (exact) mass is 242 g/mol. The first-order valence-electron chi connectivity index (χ1n) is 5.47. The van der Waals surface area contributed by atoms with Gasteiger partial charge in [0.2, 0.25) is 5.89 Å². The predicted octanol–water partition coefficient (Wildman–Crippen LogP) is 1.30. The number of aryl methyl sites for hydroxylation is 1. The van der Waals surface area contributed by atoms with Gasteiger partial charge in [0, 0.05) is 12.4 Å². The van der Waals surface area contributed by atoms with Crippen molar-refractivity contribution in [3.05, 3.63) is 50.7 Å². The molecule has 90 valence electrons. The normalized spacial score (nSPS) is 11.2. The van der Waals surface area contributed by atoms with Gasteiger partial charge < -0.3 is 4.42 Å². The summed E-state index contributed by atoms with van der Waals surface area (Å²) in [6, 6.07) is 7.35. The number of hydrogen-bond acceptors (Lipinski definition) is 4. The second kappa shape index (κ2) is 3.53. The molecule has 2 aliphatic rings. The molecule has 0 atom stereocenters. The molecule has 0 amide bonds. The molecule has 0 saturated heterocycles. The zero-order valence-electron chi connectivity index (χ0n) is 9.93. The van der Waals surface area contributed by atoms with Gasteiger partial charge in [0.1, 0.15) is 11.1 Å². The van der Waals surface area contributed by atoms with Gasteiger partial charge in [-0.15, -0.1) is 0 Å². The maximum atomic E-state index is 11.9. The van der Waals surface area contributed by atoms with E-state index in [1.807, 2.05) is 25.1 Å². The third-order valence-electron chi connectivity index (χ3n) is 2.93. The summed E-state index contributed by atoms with van der Waals surface area (Å²) in [6.45, 7) is 1.94. The van der Waals surface area contributed by atoms with Gasteiger partial charge in [0.05, 0.1) is 0 Å². The molecule has 1 aromatic carbocycles. The molecule has 3 rings (SSSR count). The second-order valence-electron chi connectivity index (χ2n) is 4.27. The maximum Gasteiger partial charge on any atom is 0.353 e. The van der Waals surface area contributed by atoms with Crippen LogP contribution in [0.15, 0.2) is 38.3 Å². The molecule has 5 heteroatoms. The Morgan fingerprint density at radius 2 is 2.00 bits per heavy atom. The molecule has 0 fully saturated rings. The number of hydrogen-bond donors (Lipinski definition) is 0. The molecule has 0 bridgehead atoms. The topological polar surface area (TPSA) is 65.1 Å². The van der Waals surface area contributed by atoms with Crippen LogP contribution in [-0.2, 0) is 7.05 Å². The van der Waals surface area contributed by atoms with Crippen molar-refractivity contribution < 1.29 is 4.42 Å². The molecule has 0 saturated carbocycles. The quantitative estimate of drug-likeness (QED) is 0.557. The molecule has 5 nitrogen and oxygen atoms in total. The fourth-order valence-corrected chi connectivity index (χ4v) is 1.89. The molecule has 0 N–H and O–H groups in total. The lowest BCUT2D eigenvalue weighted by molar-refractivity contribution is 0.582. The van der Waals surface area contributed by atoms with E-state index in [-0.39, 0.29) is 5.89 Å². The van der Waals surface area contributed by atoms with Gasteiger partial charge in [0.25, 0.3) is 5.56 Å². The predicted molar refractivity (Wildman–Crippen MR) is 66.9 cm³/mol. The summed E-state index contributed by atoms with van der Waals surface area (Å²) in [4.78, 5) is 27.1. The lowest BCUT2D eigenvalue weighted by Gasteiger charge is -2.06. The van der Waals surface area contributed by atoms with Crippen molar-refractivity contribution >= 4 is 11.0 Å². The lowest BCUT2D eigenvalue weighted by Crippen LogP contribution is -2.34. The Morgan fingerprint density at radius 1 is 1.22 bits per heavy atom. The van der Waals surface area contributed by atoms with Gasteiger partial charge in [-0.3, -0.25) is 9.36 Å². The van der Waals surface area contributed by atoms with E-state index in [1.165, 1.54) is 7.05 Å². The number of benzene rings is 1. The highest BCUT2D eigenvalue weighted by atomic mass is 16.3. The molecule has 18 heavy (non-hydrogen) atoms. The Balaban J connectivity index is 2.54. The minimum Gasteiger partial charge on any atom is -0.437 e. The highest BCUT2D eigenvalue weighted by Gasteiger charge is 2.15. The van der Waals surface area contributed by atoms with E-state index in [0.717, 1.165) is 15.5 Å². The number of aromatic nitrogens is 2. The summed E-state index contributed by atoms with van der Waals surface area (Å²) >= 11 is 0. The average Bonchev–Trinajstić information content (AvgIpc) is 2.34. The smallest absolute Gasteiger partial charge is 0.353 e. The fraction of sp³-hybridized carbons (Fsp3) is 0.154. The van der Waals surface area contributed by atoms with Crippen molar-refractivity contribution in [2.24, 2.45) is 7.05 Å². The Kier molecular flexibility index (Phi) is 2.10. The summed E-state index contributed by atoms with van der Waals surface area (Å²) in [7, 11) is 1.40. The second-order valence-corrected chi connectivity index (χ2v) is 4.27. The summed E-state index contributed by atoms with van der Waals surface area (Å²) in [5.74, 6) is 0.0844. The van der Waals surface area contributed by atoms with Gasteiger partial charge >= 0.3 is 5.69 Å². The van der Waals surface area contributed by atoms with E-state index in [0.29, 0.717) is 11.1 Å².